The molecule has 18 heavy (non-hydrogen) atoms. The average molecular weight is 354 g/mol. The van der Waals surface area contributed by atoms with Crippen LogP contribution in [0.15, 0.2) is 24.3 Å². The van der Waals surface area contributed by atoms with E-state index in [1.807, 2.05) is 24.3 Å². The first kappa shape index (κ1) is 11.7. The molecule has 0 saturated heterocycles. The van der Waals surface area contributed by atoms with Crippen molar-refractivity contribution in [1.82, 2.24) is 9.78 Å². The first-order chi connectivity index (χ1) is 8.66. The molecule has 1 N–H and O–H groups in total. The number of hydrogen-bond donors (Lipinski definition) is 1. The number of nitrogens with zero attached hydrogens (tertiary/aromatic N) is 2. The van der Waals surface area contributed by atoms with Crippen molar-refractivity contribution in [1.29, 1.82) is 0 Å². The Hall–Kier alpha value is -1.37. The van der Waals surface area contributed by atoms with Crippen molar-refractivity contribution in [2.24, 2.45) is 0 Å². The molecule has 1 heterocycles. The van der Waals surface area contributed by atoms with E-state index in [0.717, 1.165) is 39.8 Å². The molecule has 0 aliphatic heterocycles. The maximum absolute atomic E-state index is 11.2. The largest absolute Gasteiger partial charge is 0.476 e. The van der Waals surface area contributed by atoms with Crippen LogP contribution >= 0.6 is 22.6 Å². The van der Waals surface area contributed by atoms with E-state index in [1.165, 1.54) is 0 Å². The third-order valence-electron chi connectivity index (χ3n) is 3.19. The van der Waals surface area contributed by atoms with Crippen LogP contribution in [0.25, 0.3) is 5.69 Å². The minimum atomic E-state index is -0.933. The molecule has 0 atom stereocenters. The zero-order valence-electron chi connectivity index (χ0n) is 9.56. The molecule has 0 bridgehead atoms. The summed E-state index contributed by atoms with van der Waals surface area (Å²) in [5.74, 6) is -0.933. The lowest BCUT2D eigenvalue weighted by atomic mass is 10.2. The monoisotopic (exact) mass is 354 g/mol. The van der Waals surface area contributed by atoms with Gasteiger partial charge in [-0.2, -0.15) is 5.10 Å². The number of rotatable bonds is 2. The molecule has 92 valence electrons. The number of hydrogen-bond acceptors (Lipinski definition) is 2. The van der Waals surface area contributed by atoms with Crippen molar-refractivity contribution in [3.05, 3.63) is 44.8 Å². The van der Waals surface area contributed by atoms with Crippen molar-refractivity contribution in [3.8, 4) is 5.69 Å². The highest BCUT2D eigenvalue weighted by molar-refractivity contribution is 14.1. The smallest absolute Gasteiger partial charge is 0.356 e. The molecule has 0 saturated carbocycles. The topological polar surface area (TPSA) is 55.1 Å². The number of aromatic carboxylic acids is 1. The molecule has 1 aliphatic carbocycles. The van der Waals surface area contributed by atoms with Crippen LogP contribution in [0.4, 0.5) is 0 Å². The summed E-state index contributed by atoms with van der Waals surface area (Å²) >= 11 is 2.24. The van der Waals surface area contributed by atoms with Crippen LogP contribution in [0.1, 0.15) is 28.2 Å². The minimum Gasteiger partial charge on any atom is -0.476 e. The van der Waals surface area contributed by atoms with E-state index >= 15 is 0 Å². The van der Waals surface area contributed by atoms with Crippen molar-refractivity contribution in [2.45, 2.75) is 19.3 Å². The van der Waals surface area contributed by atoms with E-state index in [1.54, 1.807) is 4.68 Å². The molecule has 0 fully saturated rings. The Morgan fingerprint density at radius 1 is 1.39 bits per heavy atom. The van der Waals surface area contributed by atoms with Crippen LogP contribution in [0, 0.1) is 3.57 Å². The predicted molar refractivity (Wildman–Crippen MR) is 75.3 cm³/mol. The van der Waals surface area contributed by atoms with Crippen LogP contribution in [-0.4, -0.2) is 20.9 Å². The minimum absolute atomic E-state index is 0.210. The summed E-state index contributed by atoms with van der Waals surface area (Å²) < 4.78 is 2.90. The highest BCUT2D eigenvalue weighted by atomic mass is 127. The van der Waals surface area contributed by atoms with Gasteiger partial charge in [-0.25, -0.2) is 9.48 Å². The van der Waals surface area contributed by atoms with Gasteiger partial charge in [-0.05, 0) is 60.1 Å². The average Bonchev–Trinajstić information content (AvgIpc) is 2.88. The number of fused-ring (bicyclic) bond motifs is 1. The fourth-order valence-electron chi connectivity index (χ4n) is 2.43. The number of carboxylic acids is 1. The zero-order valence-corrected chi connectivity index (χ0v) is 11.7. The van der Waals surface area contributed by atoms with E-state index in [2.05, 4.69) is 27.7 Å². The number of halogens is 1. The molecule has 1 aromatic heterocycles. The molecule has 2 aromatic rings. The number of benzene rings is 1. The first-order valence-electron chi connectivity index (χ1n) is 5.77. The van der Waals surface area contributed by atoms with Gasteiger partial charge in [-0.3, -0.25) is 0 Å². The van der Waals surface area contributed by atoms with Crippen LogP contribution in [-0.2, 0) is 12.8 Å². The Labute approximate surface area is 118 Å². The summed E-state index contributed by atoms with van der Waals surface area (Å²) in [4.78, 5) is 11.2. The fourth-order valence-corrected chi connectivity index (χ4v) is 2.96. The van der Waals surface area contributed by atoms with Crippen LogP contribution in [0.5, 0.6) is 0 Å². The zero-order chi connectivity index (χ0) is 12.7. The van der Waals surface area contributed by atoms with E-state index in [-0.39, 0.29) is 5.69 Å². The summed E-state index contributed by atoms with van der Waals surface area (Å²) in [5.41, 5.74) is 3.10. The van der Waals surface area contributed by atoms with Gasteiger partial charge >= 0.3 is 5.97 Å². The third kappa shape index (κ3) is 1.82. The Bertz CT molecular complexity index is 634. The predicted octanol–water partition coefficient (Wildman–Crippen LogP) is 2.66. The van der Waals surface area contributed by atoms with Gasteiger partial charge in [0.05, 0.1) is 5.69 Å². The molecule has 1 aliphatic rings. The summed E-state index contributed by atoms with van der Waals surface area (Å²) in [6, 6.07) is 7.93. The van der Waals surface area contributed by atoms with Gasteiger partial charge in [-0.1, -0.05) is 6.07 Å². The summed E-state index contributed by atoms with van der Waals surface area (Å²) in [5, 5.41) is 13.4. The molecular weight excluding hydrogens is 343 g/mol. The molecule has 3 rings (SSSR count). The number of aromatic nitrogens is 2. The van der Waals surface area contributed by atoms with Crippen LogP contribution in [0.3, 0.4) is 0 Å². The van der Waals surface area contributed by atoms with Gasteiger partial charge in [0.25, 0.3) is 0 Å². The standard InChI is InChI=1S/C13H11IN2O2/c14-8-3-1-4-9(7-8)16-11-6-2-5-10(11)12(15-16)13(17)18/h1,3-4,7H,2,5-6H2,(H,17,18). The Morgan fingerprint density at radius 3 is 2.94 bits per heavy atom. The lowest BCUT2D eigenvalue weighted by molar-refractivity contribution is 0.0689. The normalized spacial score (nSPS) is 13.6. The first-order valence-corrected chi connectivity index (χ1v) is 6.84. The van der Waals surface area contributed by atoms with Crippen molar-refractivity contribution >= 4 is 28.6 Å². The molecule has 0 unspecified atom stereocenters. The third-order valence-corrected chi connectivity index (χ3v) is 3.86. The quantitative estimate of drug-likeness (QED) is 0.844. The lowest BCUT2D eigenvalue weighted by Gasteiger charge is -2.05. The molecule has 0 spiro atoms. The summed E-state index contributed by atoms with van der Waals surface area (Å²) in [7, 11) is 0. The van der Waals surface area contributed by atoms with E-state index in [9.17, 15) is 9.90 Å². The Morgan fingerprint density at radius 2 is 2.22 bits per heavy atom. The second-order valence-electron chi connectivity index (χ2n) is 4.32. The SMILES string of the molecule is O=C(O)c1nn(-c2cccc(I)c2)c2c1CCC2. The fraction of sp³-hybridized carbons (Fsp3) is 0.231. The summed E-state index contributed by atoms with van der Waals surface area (Å²) in [6.07, 6.45) is 2.74. The van der Waals surface area contributed by atoms with E-state index in [0.29, 0.717) is 0 Å². The molecule has 0 amide bonds. The number of carboxylic acid groups (broad SMARTS) is 1. The maximum atomic E-state index is 11.2. The molecule has 1 aromatic carbocycles. The van der Waals surface area contributed by atoms with E-state index < -0.39 is 5.97 Å². The van der Waals surface area contributed by atoms with Crippen molar-refractivity contribution in [3.63, 3.8) is 0 Å². The lowest BCUT2D eigenvalue weighted by Crippen LogP contribution is -2.04. The maximum Gasteiger partial charge on any atom is 0.356 e. The Balaban J connectivity index is 2.19. The van der Waals surface area contributed by atoms with Gasteiger partial charge in [-0.15, -0.1) is 0 Å². The Kier molecular flexibility index (Phi) is 2.85. The van der Waals surface area contributed by atoms with Gasteiger partial charge in [0.1, 0.15) is 0 Å². The molecular formula is C13H11IN2O2. The molecule has 4 nitrogen and oxygen atoms in total. The van der Waals surface area contributed by atoms with Gasteiger partial charge in [0.15, 0.2) is 5.69 Å². The highest BCUT2D eigenvalue weighted by Gasteiger charge is 2.26. The van der Waals surface area contributed by atoms with Crippen molar-refractivity contribution in [2.75, 3.05) is 0 Å². The van der Waals surface area contributed by atoms with Gasteiger partial charge in [0, 0.05) is 14.8 Å². The van der Waals surface area contributed by atoms with Crippen LogP contribution in [0.2, 0.25) is 0 Å². The van der Waals surface area contributed by atoms with Crippen molar-refractivity contribution < 1.29 is 9.90 Å². The second-order valence-corrected chi connectivity index (χ2v) is 5.57. The summed E-state index contributed by atoms with van der Waals surface area (Å²) in [6.45, 7) is 0. The van der Waals surface area contributed by atoms with Gasteiger partial charge < -0.3 is 5.11 Å². The molecule has 0 radical (unpaired) electrons. The van der Waals surface area contributed by atoms with E-state index in [4.69, 9.17) is 0 Å². The highest BCUT2D eigenvalue weighted by Crippen LogP contribution is 2.28. The molecule has 5 heteroatoms. The second kappa shape index (κ2) is 4.38. The van der Waals surface area contributed by atoms with Gasteiger partial charge in [0.2, 0.25) is 0 Å². The number of carbonyl (C=O) groups is 1. The van der Waals surface area contributed by atoms with Crippen LogP contribution < -0.4 is 0 Å².